The minimum Gasteiger partial charge on any atom is -0.494 e. The summed E-state index contributed by atoms with van der Waals surface area (Å²) in [7, 11) is 1.62. The van der Waals surface area contributed by atoms with Crippen molar-refractivity contribution in [1.29, 1.82) is 0 Å². The molecule has 4 heterocycles. The molecule has 4 aliphatic rings. The van der Waals surface area contributed by atoms with Crippen LogP contribution >= 0.6 is 11.6 Å². The fourth-order valence-electron chi connectivity index (χ4n) is 7.57. The number of carbonyl (C=O) groups is 1. The summed E-state index contributed by atoms with van der Waals surface area (Å²) in [5, 5.41) is 8.34. The molecule has 2 N–H and O–H groups in total. The molecular weight excluding hydrogens is 647 g/mol. The second-order valence-electron chi connectivity index (χ2n) is 13.3. The van der Waals surface area contributed by atoms with Gasteiger partial charge in [-0.1, -0.05) is 18.2 Å². The Kier molecular flexibility index (Phi) is 9.91. The molecule has 1 saturated carbocycles. The lowest BCUT2D eigenvalue weighted by molar-refractivity contribution is -0.111. The van der Waals surface area contributed by atoms with Crippen LogP contribution in [0.4, 0.5) is 33.1 Å². The molecular formula is C36H44ClFN8O3. The monoisotopic (exact) mass is 690 g/mol. The molecule has 2 atom stereocenters. The van der Waals surface area contributed by atoms with Crippen LogP contribution in [0.3, 0.4) is 0 Å². The van der Waals surface area contributed by atoms with E-state index in [9.17, 15) is 9.18 Å². The van der Waals surface area contributed by atoms with Crippen LogP contribution in [0, 0.1) is 5.82 Å². The van der Waals surface area contributed by atoms with Crippen molar-refractivity contribution in [3.63, 3.8) is 0 Å². The SMILES string of the molecule is C=CC(=O)Nc1cc(Nc2cc(N3OCC[C@@H]3c3cc(F)cc(Cl)c3)ncn2)c(OC)cc1N1CCC(N2CCN(C3CC3)C[C@@H]2C)CC1. The standard InChI is InChI=1S/C36H44ClFN8O3/c1-4-36(47)42-29-18-30(41-34-20-35(40-22-39-34)46-31(9-14-49-46)24-15-25(37)17-26(38)16-24)33(48-3)19-32(29)43-10-7-28(8-11-43)45-13-12-44(21-23(45)2)27-5-6-27/h4,15-20,22-23,27-28,31H,1,5-14,21H2,2-3H3,(H,42,47)(H,39,40,41)/t23-,31+/m0/s1. The Morgan fingerprint density at radius 3 is 2.55 bits per heavy atom. The van der Waals surface area contributed by atoms with Gasteiger partial charge < -0.3 is 20.3 Å². The highest BCUT2D eigenvalue weighted by Crippen LogP contribution is 2.41. The number of hydrogen-bond donors (Lipinski definition) is 2. The first-order valence-corrected chi connectivity index (χ1v) is 17.5. The number of piperidine rings is 1. The van der Waals surface area contributed by atoms with Gasteiger partial charge in [0.25, 0.3) is 0 Å². The smallest absolute Gasteiger partial charge is 0.247 e. The molecule has 2 aromatic carbocycles. The number of methoxy groups -OCH3 is 1. The van der Waals surface area contributed by atoms with E-state index in [1.165, 1.54) is 43.9 Å². The Bertz CT molecular complexity index is 1660. The van der Waals surface area contributed by atoms with Crippen molar-refractivity contribution in [1.82, 2.24) is 19.8 Å². The van der Waals surface area contributed by atoms with Gasteiger partial charge in [0.1, 0.15) is 23.7 Å². The summed E-state index contributed by atoms with van der Waals surface area (Å²) in [5.74, 6) is 0.884. The van der Waals surface area contributed by atoms with Gasteiger partial charge in [-0.3, -0.25) is 19.4 Å². The van der Waals surface area contributed by atoms with Crippen molar-refractivity contribution in [2.45, 2.75) is 63.2 Å². The van der Waals surface area contributed by atoms with E-state index in [1.54, 1.807) is 24.3 Å². The maximum Gasteiger partial charge on any atom is 0.247 e. The molecule has 0 bridgehead atoms. The van der Waals surface area contributed by atoms with Gasteiger partial charge in [-0.15, -0.1) is 0 Å². The molecule has 3 saturated heterocycles. The van der Waals surface area contributed by atoms with Crippen LogP contribution in [0.2, 0.25) is 5.02 Å². The molecule has 13 heteroatoms. The minimum absolute atomic E-state index is 0.273. The fraction of sp³-hybridized carbons (Fsp3) is 0.472. The van der Waals surface area contributed by atoms with Crippen molar-refractivity contribution in [3.8, 4) is 5.75 Å². The van der Waals surface area contributed by atoms with Crippen molar-refractivity contribution in [2.75, 3.05) is 67.0 Å². The quantitative estimate of drug-likeness (QED) is 0.241. The van der Waals surface area contributed by atoms with Gasteiger partial charge in [0, 0.05) is 74.4 Å². The van der Waals surface area contributed by atoms with Crippen molar-refractivity contribution < 1.29 is 18.8 Å². The zero-order chi connectivity index (χ0) is 34.1. The van der Waals surface area contributed by atoms with Crippen LogP contribution < -0.4 is 25.3 Å². The normalized spacial score (nSPS) is 22.3. The van der Waals surface area contributed by atoms with Gasteiger partial charge in [-0.2, -0.15) is 0 Å². The highest BCUT2D eigenvalue weighted by atomic mass is 35.5. The number of rotatable bonds is 10. The van der Waals surface area contributed by atoms with E-state index in [2.05, 4.69) is 48.8 Å². The lowest BCUT2D eigenvalue weighted by Crippen LogP contribution is -2.57. The molecule has 0 radical (unpaired) electrons. The molecule has 3 aliphatic heterocycles. The zero-order valence-corrected chi connectivity index (χ0v) is 28.8. The first kappa shape index (κ1) is 33.5. The third-order valence-corrected chi connectivity index (χ3v) is 10.3. The number of nitrogens with one attached hydrogen (secondary N) is 2. The third-order valence-electron chi connectivity index (χ3n) is 10.1. The van der Waals surface area contributed by atoms with Crippen LogP contribution in [0.25, 0.3) is 0 Å². The summed E-state index contributed by atoms with van der Waals surface area (Å²) < 4.78 is 20.1. The van der Waals surface area contributed by atoms with E-state index < -0.39 is 5.82 Å². The third kappa shape index (κ3) is 7.47. The molecule has 1 amide bonds. The lowest BCUT2D eigenvalue weighted by atomic mass is 9.99. The summed E-state index contributed by atoms with van der Waals surface area (Å²) in [6.07, 6.45) is 8.16. The number of amides is 1. The highest BCUT2D eigenvalue weighted by Gasteiger charge is 2.37. The van der Waals surface area contributed by atoms with Gasteiger partial charge in [0.05, 0.1) is 36.8 Å². The molecule has 260 valence electrons. The molecule has 1 aliphatic carbocycles. The van der Waals surface area contributed by atoms with Crippen LogP contribution in [0.5, 0.6) is 5.75 Å². The molecule has 0 unspecified atom stereocenters. The summed E-state index contributed by atoms with van der Waals surface area (Å²) in [6.45, 7) is 11.7. The Morgan fingerprint density at radius 2 is 1.84 bits per heavy atom. The van der Waals surface area contributed by atoms with Gasteiger partial charge in [-0.05, 0) is 68.5 Å². The summed E-state index contributed by atoms with van der Waals surface area (Å²) >= 11 is 6.15. The average molecular weight is 691 g/mol. The van der Waals surface area contributed by atoms with E-state index in [0.29, 0.717) is 64.5 Å². The number of hydroxylamine groups is 1. The van der Waals surface area contributed by atoms with Crippen LogP contribution in [-0.4, -0.2) is 90.2 Å². The second-order valence-corrected chi connectivity index (χ2v) is 13.8. The average Bonchev–Trinajstić information content (AvgIpc) is 3.84. The minimum atomic E-state index is -0.407. The number of aromatic nitrogens is 2. The fourth-order valence-corrected chi connectivity index (χ4v) is 7.80. The molecule has 11 nitrogen and oxygen atoms in total. The predicted octanol–water partition coefficient (Wildman–Crippen LogP) is 6.17. The Labute approximate surface area is 292 Å². The number of nitrogens with zero attached hydrogens (tertiary/aromatic N) is 6. The summed E-state index contributed by atoms with van der Waals surface area (Å²) in [5.41, 5.74) is 2.86. The topological polar surface area (TPSA) is 98.3 Å². The van der Waals surface area contributed by atoms with Gasteiger partial charge >= 0.3 is 0 Å². The molecule has 49 heavy (non-hydrogen) atoms. The number of anilines is 5. The Balaban J connectivity index is 1.09. The lowest BCUT2D eigenvalue weighted by Gasteiger charge is -2.47. The van der Waals surface area contributed by atoms with Crippen LogP contribution in [0.15, 0.2) is 55.4 Å². The van der Waals surface area contributed by atoms with Gasteiger partial charge in [0.15, 0.2) is 5.82 Å². The number of benzene rings is 2. The first-order valence-electron chi connectivity index (χ1n) is 17.2. The van der Waals surface area contributed by atoms with Gasteiger partial charge in [0.2, 0.25) is 5.91 Å². The number of piperazine rings is 1. The highest BCUT2D eigenvalue weighted by molar-refractivity contribution is 6.30. The Hall–Kier alpha value is -3.97. The predicted molar refractivity (Wildman–Crippen MR) is 190 cm³/mol. The Morgan fingerprint density at radius 1 is 1.02 bits per heavy atom. The van der Waals surface area contributed by atoms with Crippen LogP contribution in [-0.2, 0) is 9.63 Å². The summed E-state index contributed by atoms with van der Waals surface area (Å²) in [6, 6.07) is 11.7. The van der Waals surface area contributed by atoms with E-state index in [-0.39, 0.29) is 11.9 Å². The molecule has 4 fully saturated rings. The number of halogens is 2. The largest absolute Gasteiger partial charge is 0.494 e. The van der Waals surface area contributed by atoms with Crippen LogP contribution in [0.1, 0.15) is 50.6 Å². The first-order chi connectivity index (χ1) is 23.8. The summed E-state index contributed by atoms with van der Waals surface area (Å²) in [4.78, 5) is 35.1. The number of ether oxygens (including phenoxy) is 1. The number of hydrogen-bond acceptors (Lipinski definition) is 10. The second kappa shape index (κ2) is 14.5. The number of carbonyl (C=O) groups excluding carboxylic acids is 1. The maximum atomic E-state index is 14.2. The van der Waals surface area contributed by atoms with E-state index >= 15 is 0 Å². The zero-order valence-electron chi connectivity index (χ0n) is 28.1. The van der Waals surface area contributed by atoms with Gasteiger partial charge in [-0.25, -0.2) is 19.4 Å². The molecule has 7 rings (SSSR count). The van der Waals surface area contributed by atoms with Crippen molar-refractivity contribution >= 4 is 46.2 Å². The molecule has 3 aromatic rings. The van der Waals surface area contributed by atoms with E-state index in [4.69, 9.17) is 21.2 Å². The van der Waals surface area contributed by atoms with E-state index in [0.717, 1.165) is 50.7 Å². The molecule has 1 aromatic heterocycles. The van der Waals surface area contributed by atoms with Crippen molar-refractivity contribution in [3.05, 3.63) is 71.8 Å². The van der Waals surface area contributed by atoms with E-state index in [1.807, 2.05) is 12.1 Å². The van der Waals surface area contributed by atoms with Crippen molar-refractivity contribution in [2.24, 2.45) is 0 Å². The maximum absolute atomic E-state index is 14.2. The molecule has 0 spiro atoms.